The van der Waals surface area contributed by atoms with Gasteiger partial charge < -0.3 is 10.1 Å². The summed E-state index contributed by atoms with van der Waals surface area (Å²) in [7, 11) is 1.67. The minimum Gasteiger partial charge on any atom is -0.495 e. The van der Waals surface area contributed by atoms with E-state index in [1.54, 1.807) is 7.11 Å². The Morgan fingerprint density at radius 3 is 2.45 bits per heavy atom. The molecule has 2 aromatic carbocycles. The Labute approximate surface area is 119 Å². The molecule has 0 aliphatic carbocycles. The number of methoxy groups -OCH3 is 1. The number of rotatable bonds is 4. The zero-order chi connectivity index (χ0) is 14.5. The van der Waals surface area contributed by atoms with Gasteiger partial charge in [0.25, 0.3) is 0 Å². The van der Waals surface area contributed by atoms with E-state index in [0.29, 0.717) is 5.56 Å². The summed E-state index contributed by atoms with van der Waals surface area (Å²) in [6.07, 6.45) is 0. The molecule has 3 heteroatoms. The lowest BCUT2D eigenvalue weighted by atomic mass is 10.1. The van der Waals surface area contributed by atoms with E-state index in [-0.39, 0.29) is 6.04 Å². The Morgan fingerprint density at radius 2 is 1.85 bits per heavy atom. The van der Waals surface area contributed by atoms with Gasteiger partial charge in [-0.2, -0.15) is 5.26 Å². The van der Waals surface area contributed by atoms with Crippen molar-refractivity contribution in [2.24, 2.45) is 0 Å². The molecule has 3 nitrogen and oxygen atoms in total. The van der Waals surface area contributed by atoms with Crippen LogP contribution in [-0.4, -0.2) is 7.11 Å². The van der Waals surface area contributed by atoms with Gasteiger partial charge in [0, 0.05) is 6.04 Å². The maximum atomic E-state index is 8.82. The molecule has 0 bridgehead atoms. The molecular formula is C17H18N2O. The molecule has 1 N–H and O–H groups in total. The number of nitrogens with zero attached hydrogens (tertiary/aromatic N) is 1. The van der Waals surface area contributed by atoms with Crippen molar-refractivity contribution in [3.63, 3.8) is 0 Å². The highest BCUT2D eigenvalue weighted by Gasteiger charge is 2.09. The van der Waals surface area contributed by atoms with Crippen molar-refractivity contribution in [1.29, 1.82) is 5.26 Å². The van der Waals surface area contributed by atoms with Crippen LogP contribution in [0.2, 0.25) is 0 Å². The van der Waals surface area contributed by atoms with Crippen molar-refractivity contribution in [3.8, 4) is 11.8 Å². The molecule has 0 aliphatic heterocycles. The first-order valence-electron chi connectivity index (χ1n) is 6.55. The summed E-state index contributed by atoms with van der Waals surface area (Å²) in [5.41, 5.74) is 3.96. The SMILES string of the molecule is COc1ccc(C)cc1NC(C)c1ccc(C#N)cc1. The van der Waals surface area contributed by atoms with E-state index in [1.807, 2.05) is 36.4 Å². The highest BCUT2D eigenvalue weighted by molar-refractivity contribution is 5.59. The number of hydrogen-bond donors (Lipinski definition) is 1. The fourth-order valence-electron chi connectivity index (χ4n) is 2.10. The van der Waals surface area contributed by atoms with Gasteiger partial charge in [-0.05, 0) is 49.2 Å². The zero-order valence-electron chi connectivity index (χ0n) is 12.0. The number of nitrogens with one attached hydrogen (secondary N) is 1. The monoisotopic (exact) mass is 266 g/mol. The summed E-state index contributed by atoms with van der Waals surface area (Å²) >= 11 is 0. The normalized spacial score (nSPS) is 11.5. The van der Waals surface area contributed by atoms with Crippen molar-refractivity contribution in [1.82, 2.24) is 0 Å². The third-order valence-electron chi connectivity index (χ3n) is 3.27. The molecule has 0 heterocycles. The zero-order valence-corrected chi connectivity index (χ0v) is 12.0. The van der Waals surface area contributed by atoms with Gasteiger partial charge in [0.1, 0.15) is 5.75 Å². The largest absolute Gasteiger partial charge is 0.495 e. The molecule has 0 spiro atoms. The third-order valence-corrected chi connectivity index (χ3v) is 3.27. The first-order chi connectivity index (χ1) is 9.63. The fraction of sp³-hybridized carbons (Fsp3) is 0.235. The second-order valence-corrected chi connectivity index (χ2v) is 4.80. The summed E-state index contributed by atoms with van der Waals surface area (Å²) in [5, 5.41) is 12.3. The number of benzene rings is 2. The molecule has 1 unspecified atom stereocenters. The summed E-state index contributed by atoms with van der Waals surface area (Å²) < 4.78 is 5.37. The molecule has 2 aromatic rings. The van der Waals surface area contributed by atoms with Crippen molar-refractivity contribution in [3.05, 3.63) is 59.2 Å². The molecule has 0 aromatic heterocycles. The van der Waals surface area contributed by atoms with Crippen LogP contribution in [0.15, 0.2) is 42.5 Å². The van der Waals surface area contributed by atoms with E-state index in [2.05, 4.69) is 31.3 Å². The van der Waals surface area contributed by atoms with Gasteiger partial charge in [-0.1, -0.05) is 18.2 Å². The van der Waals surface area contributed by atoms with E-state index in [9.17, 15) is 0 Å². The topological polar surface area (TPSA) is 45.0 Å². The lowest BCUT2D eigenvalue weighted by Crippen LogP contribution is -2.07. The Balaban J connectivity index is 2.20. The number of aryl methyl sites for hydroxylation is 1. The molecule has 0 radical (unpaired) electrons. The molecule has 1 atom stereocenters. The van der Waals surface area contributed by atoms with Crippen LogP contribution in [0.5, 0.6) is 5.75 Å². The van der Waals surface area contributed by atoms with E-state index in [4.69, 9.17) is 10.00 Å². The number of nitriles is 1. The first kappa shape index (κ1) is 14.0. The second kappa shape index (κ2) is 6.12. The highest BCUT2D eigenvalue weighted by atomic mass is 16.5. The van der Waals surface area contributed by atoms with Crippen LogP contribution in [0.25, 0.3) is 0 Å². The minimum absolute atomic E-state index is 0.137. The molecule has 102 valence electrons. The van der Waals surface area contributed by atoms with Crippen LogP contribution >= 0.6 is 0 Å². The van der Waals surface area contributed by atoms with E-state index >= 15 is 0 Å². The van der Waals surface area contributed by atoms with Crippen LogP contribution in [-0.2, 0) is 0 Å². The smallest absolute Gasteiger partial charge is 0.141 e. The molecule has 0 aliphatic rings. The second-order valence-electron chi connectivity index (χ2n) is 4.80. The van der Waals surface area contributed by atoms with E-state index in [1.165, 1.54) is 5.56 Å². The van der Waals surface area contributed by atoms with Gasteiger partial charge in [-0.15, -0.1) is 0 Å². The lowest BCUT2D eigenvalue weighted by Gasteiger charge is -2.18. The molecule has 0 fully saturated rings. The molecule has 0 saturated heterocycles. The van der Waals surface area contributed by atoms with Crippen molar-refractivity contribution in [2.45, 2.75) is 19.9 Å². The standard InChI is InChI=1S/C17H18N2O/c1-12-4-9-17(20-3)16(10-12)19-13(2)15-7-5-14(11-18)6-8-15/h4-10,13,19H,1-3H3. The van der Waals surface area contributed by atoms with Crippen molar-refractivity contribution >= 4 is 5.69 Å². The van der Waals surface area contributed by atoms with E-state index in [0.717, 1.165) is 17.0 Å². The Morgan fingerprint density at radius 1 is 1.15 bits per heavy atom. The molecule has 2 rings (SSSR count). The van der Waals surface area contributed by atoms with Crippen molar-refractivity contribution in [2.75, 3.05) is 12.4 Å². The minimum atomic E-state index is 0.137. The Kier molecular flexibility index (Phi) is 4.27. The summed E-state index contributed by atoms with van der Waals surface area (Å²) in [5.74, 6) is 0.830. The first-order valence-corrected chi connectivity index (χ1v) is 6.55. The highest BCUT2D eigenvalue weighted by Crippen LogP contribution is 2.29. The Bertz CT molecular complexity index is 626. The molecular weight excluding hydrogens is 248 g/mol. The number of hydrogen-bond acceptors (Lipinski definition) is 3. The predicted octanol–water partition coefficient (Wildman–Crippen LogP) is 4.05. The van der Waals surface area contributed by atoms with Gasteiger partial charge in [-0.25, -0.2) is 0 Å². The van der Waals surface area contributed by atoms with Gasteiger partial charge in [0.05, 0.1) is 24.4 Å². The average molecular weight is 266 g/mol. The van der Waals surface area contributed by atoms with Crippen LogP contribution in [0, 0.1) is 18.3 Å². The Hall–Kier alpha value is -2.47. The predicted molar refractivity (Wildman–Crippen MR) is 80.9 cm³/mol. The van der Waals surface area contributed by atoms with Gasteiger partial charge >= 0.3 is 0 Å². The van der Waals surface area contributed by atoms with Crippen LogP contribution in [0.3, 0.4) is 0 Å². The summed E-state index contributed by atoms with van der Waals surface area (Å²) in [4.78, 5) is 0. The van der Waals surface area contributed by atoms with Gasteiger partial charge in [0.2, 0.25) is 0 Å². The van der Waals surface area contributed by atoms with Crippen molar-refractivity contribution < 1.29 is 4.74 Å². The quantitative estimate of drug-likeness (QED) is 0.908. The lowest BCUT2D eigenvalue weighted by molar-refractivity contribution is 0.416. The third kappa shape index (κ3) is 3.10. The van der Waals surface area contributed by atoms with E-state index < -0.39 is 0 Å². The number of ether oxygens (including phenoxy) is 1. The summed E-state index contributed by atoms with van der Waals surface area (Å²) in [6.45, 7) is 4.14. The van der Waals surface area contributed by atoms with Gasteiger partial charge in [-0.3, -0.25) is 0 Å². The summed E-state index contributed by atoms with van der Waals surface area (Å²) in [6, 6.07) is 15.9. The van der Waals surface area contributed by atoms with Crippen LogP contribution in [0.4, 0.5) is 5.69 Å². The average Bonchev–Trinajstić information content (AvgIpc) is 2.47. The van der Waals surface area contributed by atoms with Gasteiger partial charge in [0.15, 0.2) is 0 Å². The van der Waals surface area contributed by atoms with Crippen LogP contribution in [0.1, 0.15) is 29.7 Å². The molecule has 0 amide bonds. The molecule has 20 heavy (non-hydrogen) atoms. The maximum Gasteiger partial charge on any atom is 0.141 e. The molecule has 0 saturated carbocycles. The fourth-order valence-corrected chi connectivity index (χ4v) is 2.10. The maximum absolute atomic E-state index is 8.82. The number of anilines is 1. The van der Waals surface area contributed by atoms with Crippen LogP contribution < -0.4 is 10.1 Å².